The monoisotopic (exact) mass is 381 g/mol. The lowest BCUT2D eigenvalue weighted by Gasteiger charge is -2.16. The summed E-state index contributed by atoms with van der Waals surface area (Å²) in [4.78, 5) is 38.1. The van der Waals surface area contributed by atoms with Crippen molar-refractivity contribution in [2.75, 3.05) is 20.2 Å². The number of ketones is 1. The first kappa shape index (κ1) is 19.6. The number of likely N-dealkylation sites (tertiary alicyclic amines) is 1. The summed E-state index contributed by atoms with van der Waals surface area (Å²) in [5.74, 6) is -1.42. The third-order valence-electron chi connectivity index (χ3n) is 5.20. The Balaban J connectivity index is 1.61. The van der Waals surface area contributed by atoms with Gasteiger partial charge in [-0.25, -0.2) is 0 Å². The molecule has 1 saturated heterocycles. The largest absolute Gasteiger partial charge is 0.497 e. The highest BCUT2D eigenvalue weighted by Gasteiger charge is 2.40. The molecule has 6 heteroatoms. The van der Waals surface area contributed by atoms with Crippen LogP contribution < -0.4 is 4.74 Å². The molecule has 2 aromatic rings. The van der Waals surface area contributed by atoms with Crippen LogP contribution in [0.1, 0.15) is 34.7 Å². The van der Waals surface area contributed by atoms with Gasteiger partial charge >= 0.3 is 5.97 Å². The standard InChI is InChI=1S/C22H23NO5/c1-28-17-9-7-16(8-10-17)20(24)11-12-21(25)23-13-18(19(14-23)22(26)27)15-5-3-2-4-6-15/h2-10,18-19H,11-14H2,1H3,(H,26,27)/t18-,19-/m0/s1. The van der Waals surface area contributed by atoms with E-state index in [9.17, 15) is 19.5 Å². The summed E-state index contributed by atoms with van der Waals surface area (Å²) < 4.78 is 5.07. The lowest BCUT2D eigenvalue weighted by atomic mass is 9.89. The Morgan fingerprint density at radius 2 is 1.68 bits per heavy atom. The number of ether oxygens (including phenoxy) is 1. The summed E-state index contributed by atoms with van der Waals surface area (Å²) in [5.41, 5.74) is 1.44. The Labute approximate surface area is 163 Å². The number of rotatable bonds is 7. The van der Waals surface area contributed by atoms with Gasteiger partial charge in [0.15, 0.2) is 5.78 Å². The van der Waals surface area contributed by atoms with Crippen molar-refractivity contribution >= 4 is 17.7 Å². The minimum Gasteiger partial charge on any atom is -0.497 e. The Bertz CT molecular complexity index is 847. The van der Waals surface area contributed by atoms with Crippen molar-refractivity contribution in [3.05, 3.63) is 65.7 Å². The molecule has 0 bridgehead atoms. The molecule has 2 atom stereocenters. The van der Waals surface area contributed by atoms with Crippen LogP contribution in [-0.4, -0.2) is 47.9 Å². The Morgan fingerprint density at radius 3 is 2.29 bits per heavy atom. The molecule has 0 spiro atoms. The summed E-state index contributed by atoms with van der Waals surface area (Å²) in [7, 11) is 1.55. The summed E-state index contributed by atoms with van der Waals surface area (Å²) in [6, 6.07) is 16.2. The molecule has 0 aliphatic carbocycles. The van der Waals surface area contributed by atoms with Crippen molar-refractivity contribution in [3.63, 3.8) is 0 Å². The second-order valence-electron chi connectivity index (χ2n) is 6.91. The van der Waals surface area contributed by atoms with E-state index in [1.165, 1.54) is 0 Å². The number of Topliss-reactive ketones (excluding diaryl/α,β-unsaturated/α-hetero) is 1. The minimum absolute atomic E-state index is 0.0682. The first-order valence-corrected chi connectivity index (χ1v) is 9.22. The van der Waals surface area contributed by atoms with Crippen molar-refractivity contribution < 1.29 is 24.2 Å². The SMILES string of the molecule is COc1ccc(C(=O)CCC(=O)N2C[C@H](C(=O)O)[C@H](c3ccccc3)C2)cc1. The van der Waals surface area contributed by atoms with Gasteiger partial charge in [-0.1, -0.05) is 30.3 Å². The fourth-order valence-electron chi connectivity index (χ4n) is 3.60. The molecular weight excluding hydrogens is 358 g/mol. The molecule has 0 radical (unpaired) electrons. The van der Waals surface area contributed by atoms with Gasteiger partial charge in [-0.15, -0.1) is 0 Å². The van der Waals surface area contributed by atoms with Crippen LogP contribution in [0, 0.1) is 5.92 Å². The quantitative estimate of drug-likeness (QED) is 0.746. The number of amides is 1. The zero-order valence-electron chi connectivity index (χ0n) is 15.7. The molecule has 1 aliphatic heterocycles. The number of carbonyl (C=O) groups is 3. The average molecular weight is 381 g/mol. The lowest BCUT2D eigenvalue weighted by Crippen LogP contribution is -2.30. The molecule has 0 aromatic heterocycles. The first-order valence-electron chi connectivity index (χ1n) is 9.22. The minimum atomic E-state index is -0.904. The number of carbonyl (C=O) groups excluding carboxylic acids is 2. The van der Waals surface area contributed by atoms with Crippen LogP contribution in [0.3, 0.4) is 0 Å². The van der Waals surface area contributed by atoms with E-state index in [4.69, 9.17) is 4.74 Å². The van der Waals surface area contributed by atoms with Gasteiger partial charge in [0.05, 0.1) is 13.0 Å². The van der Waals surface area contributed by atoms with E-state index in [1.807, 2.05) is 30.3 Å². The maximum Gasteiger partial charge on any atom is 0.308 e. The molecule has 0 unspecified atom stereocenters. The van der Waals surface area contributed by atoms with Gasteiger partial charge < -0.3 is 14.7 Å². The molecule has 1 aliphatic rings. The Hall–Kier alpha value is -3.15. The number of nitrogens with zero attached hydrogens (tertiary/aromatic N) is 1. The highest BCUT2D eigenvalue weighted by Crippen LogP contribution is 2.33. The highest BCUT2D eigenvalue weighted by molar-refractivity contribution is 5.98. The normalized spacial score (nSPS) is 18.7. The zero-order valence-corrected chi connectivity index (χ0v) is 15.7. The summed E-state index contributed by atoms with van der Waals surface area (Å²) in [5, 5.41) is 9.55. The molecule has 1 amide bonds. The number of carboxylic acids is 1. The van der Waals surface area contributed by atoms with Gasteiger partial charge in [0.25, 0.3) is 0 Å². The molecule has 3 rings (SSSR count). The number of benzene rings is 2. The maximum atomic E-state index is 12.6. The first-order chi connectivity index (χ1) is 13.5. The molecule has 0 saturated carbocycles. The molecule has 1 N–H and O–H groups in total. The average Bonchev–Trinajstić information content (AvgIpc) is 3.18. The van der Waals surface area contributed by atoms with Crippen molar-refractivity contribution in [1.82, 2.24) is 4.90 Å². The van der Waals surface area contributed by atoms with E-state index >= 15 is 0 Å². The predicted molar refractivity (Wildman–Crippen MR) is 103 cm³/mol. The number of hydrogen-bond acceptors (Lipinski definition) is 4. The highest BCUT2D eigenvalue weighted by atomic mass is 16.5. The van der Waals surface area contributed by atoms with Gasteiger partial charge in [-0.2, -0.15) is 0 Å². The van der Waals surface area contributed by atoms with Gasteiger partial charge in [0, 0.05) is 37.4 Å². The van der Waals surface area contributed by atoms with Gasteiger partial charge in [-0.05, 0) is 29.8 Å². The van der Waals surface area contributed by atoms with E-state index in [1.54, 1.807) is 36.3 Å². The van der Waals surface area contributed by atoms with Crippen LogP contribution in [-0.2, 0) is 9.59 Å². The Morgan fingerprint density at radius 1 is 1.00 bits per heavy atom. The molecule has 6 nitrogen and oxygen atoms in total. The van der Waals surface area contributed by atoms with Crippen LogP contribution in [0.4, 0.5) is 0 Å². The van der Waals surface area contributed by atoms with Crippen LogP contribution in [0.2, 0.25) is 0 Å². The third-order valence-corrected chi connectivity index (χ3v) is 5.20. The molecule has 1 heterocycles. The van der Waals surface area contributed by atoms with Crippen LogP contribution >= 0.6 is 0 Å². The van der Waals surface area contributed by atoms with Crippen LogP contribution in [0.15, 0.2) is 54.6 Å². The van der Waals surface area contributed by atoms with Gasteiger partial charge in [-0.3, -0.25) is 14.4 Å². The maximum absolute atomic E-state index is 12.6. The fourth-order valence-corrected chi connectivity index (χ4v) is 3.60. The van der Waals surface area contributed by atoms with Crippen molar-refractivity contribution in [3.8, 4) is 5.75 Å². The van der Waals surface area contributed by atoms with Crippen molar-refractivity contribution in [2.24, 2.45) is 5.92 Å². The number of carboxylic acid groups (broad SMARTS) is 1. The predicted octanol–water partition coefficient (Wildman–Crippen LogP) is 2.98. The summed E-state index contributed by atoms with van der Waals surface area (Å²) >= 11 is 0. The van der Waals surface area contributed by atoms with Gasteiger partial charge in [0.1, 0.15) is 5.75 Å². The topological polar surface area (TPSA) is 83.9 Å². The second kappa shape index (κ2) is 8.69. The summed E-state index contributed by atoms with van der Waals surface area (Å²) in [6.45, 7) is 0.529. The second-order valence-corrected chi connectivity index (χ2v) is 6.91. The van der Waals surface area contributed by atoms with E-state index in [-0.39, 0.29) is 37.0 Å². The number of aliphatic carboxylic acids is 1. The van der Waals surface area contributed by atoms with E-state index in [0.29, 0.717) is 17.9 Å². The smallest absolute Gasteiger partial charge is 0.308 e. The molecular formula is C22H23NO5. The lowest BCUT2D eigenvalue weighted by molar-refractivity contribution is -0.141. The molecule has 146 valence electrons. The van der Waals surface area contributed by atoms with E-state index < -0.39 is 11.9 Å². The molecule has 2 aromatic carbocycles. The van der Waals surface area contributed by atoms with Crippen LogP contribution in [0.25, 0.3) is 0 Å². The van der Waals surface area contributed by atoms with Crippen LogP contribution in [0.5, 0.6) is 5.75 Å². The fraction of sp³-hybridized carbons (Fsp3) is 0.318. The van der Waals surface area contributed by atoms with Crippen molar-refractivity contribution in [1.29, 1.82) is 0 Å². The van der Waals surface area contributed by atoms with Crippen molar-refractivity contribution in [2.45, 2.75) is 18.8 Å². The Kier molecular flexibility index (Phi) is 6.09. The molecule has 1 fully saturated rings. The number of hydrogen-bond donors (Lipinski definition) is 1. The molecule has 28 heavy (non-hydrogen) atoms. The summed E-state index contributed by atoms with van der Waals surface area (Å²) in [6.07, 6.45) is 0.161. The third kappa shape index (κ3) is 4.39. The van der Waals surface area contributed by atoms with E-state index in [2.05, 4.69) is 0 Å². The van der Waals surface area contributed by atoms with Gasteiger partial charge in [0.2, 0.25) is 5.91 Å². The van der Waals surface area contributed by atoms with E-state index in [0.717, 1.165) is 5.56 Å². The number of methoxy groups -OCH3 is 1. The zero-order chi connectivity index (χ0) is 20.1.